The lowest BCUT2D eigenvalue weighted by Crippen LogP contribution is -2.70. The zero-order valence-corrected chi connectivity index (χ0v) is 25.4. The Morgan fingerprint density at radius 3 is 2.64 bits per heavy atom. The van der Waals surface area contributed by atoms with Crippen molar-refractivity contribution < 1.29 is 43.2 Å². The van der Waals surface area contributed by atoms with Gasteiger partial charge < -0.3 is 24.8 Å². The molecular weight excluding hydrogens is 590 g/mol. The number of alkyl halides is 2. The maximum atomic E-state index is 17.5. The maximum absolute atomic E-state index is 17.5. The number of halogens is 2. The van der Waals surface area contributed by atoms with Crippen LogP contribution in [0.15, 0.2) is 60.2 Å². The molecule has 1 aromatic heterocycles. The number of Topliss-reactive ketones (excluding diaryl/α,β-unsaturated/α-hetero) is 1. The summed E-state index contributed by atoms with van der Waals surface area (Å²) in [7, 11) is 0. The summed E-state index contributed by atoms with van der Waals surface area (Å²) < 4.78 is 46.3. The standard InChI is InChI=1S/C34H36F2O7S/c1-31-9-8-20(39)12-24(31)25(35)13-23-22-14-29-34(28(41)17-38,32(22,2)15-27(40)33(23,31)36)43-30(42-29)26-7-6-21(44-26)11-18-4-3-5-19(10-18)16-37/h3-10,12,22-23,25,27,29-30,37-38,40H,11,13-17H2,1-2H3/t22-,23-,25-,27-,29+,30+,31-,32-,33-,34+/m0/s1. The number of aliphatic hydroxyl groups excluding tert-OH is 3. The quantitative estimate of drug-likeness (QED) is 0.434. The fourth-order valence-corrected chi connectivity index (χ4v) is 10.4. The van der Waals surface area contributed by atoms with Crippen molar-refractivity contribution in [3.05, 3.63) is 81.1 Å². The van der Waals surface area contributed by atoms with E-state index in [0.29, 0.717) is 6.42 Å². The Kier molecular flexibility index (Phi) is 6.97. The van der Waals surface area contributed by atoms with Gasteiger partial charge in [0.1, 0.15) is 12.8 Å². The predicted octanol–water partition coefficient (Wildman–Crippen LogP) is 4.47. The number of benzene rings is 1. The summed E-state index contributed by atoms with van der Waals surface area (Å²) in [5.41, 5.74) is -4.77. The molecule has 5 aliphatic rings. The number of hydrogen-bond acceptors (Lipinski definition) is 8. The second-order valence-electron chi connectivity index (χ2n) is 13.4. The van der Waals surface area contributed by atoms with E-state index in [9.17, 15) is 24.9 Å². The van der Waals surface area contributed by atoms with Gasteiger partial charge >= 0.3 is 0 Å². The average Bonchev–Trinajstić information content (AvgIpc) is 3.68. The summed E-state index contributed by atoms with van der Waals surface area (Å²) in [6.45, 7) is 2.44. The van der Waals surface area contributed by atoms with Crippen LogP contribution in [-0.4, -0.2) is 63.1 Å². The van der Waals surface area contributed by atoms with Crippen molar-refractivity contribution in [3.63, 3.8) is 0 Å². The minimum absolute atomic E-state index is 0.0369. The normalized spacial score (nSPS) is 42.3. The molecule has 0 unspecified atom stereocenters. The predicted molar refractivity (Wildman–Crippen MR) is 157 cm³/mol. The number of carbonyl (C=O) groups excluding carboxylic acids is 2. The summed E-state index contributed by atoms with van der Waals surface area (Å²) in [4.78, 5) is 27.6. The van der Waals surface area contributed by atoms with Crippen molar-refractivity contribution in [2.75, 3.05) is 6.61 Å². The van der Waals surface area contributed by atoms with Crippen LogP contribution in [0.25, 0.3) is 0 Å². The van der Waals surface area contributed by atoms with Crippen molar-refractivity contribution in [1.29, 1.82) is 0 Å². The van der Waals surface area contributed by atoms with E-state index in [0.717, 1.165) is 27.0 Å². The molecule has 7 rings (SSSR count). The molecule has 0 spiro atoms. The number of allylic oxidation sites excluding steroid dienone is 4. The van der Waals surface area contributed by atoms with Gasteiger partial charge in [-0.2, -0.15) is 0 Å². The molecule has 1 saturated heterocycles. The summed E-state index contributed by atoms with van der Waals surface area (Å²) in [6, 6.07) is 11.5. The van der Waals surface area contributed by atoms with Crippen molar-refractivity contribution in [2.24, 2.45) is 22.7 Å². The van der Waals surface area contributed by atoms with E-state index in [1.807, 2.05) is 36.4 Å². The van der Waals surface area contributed by atoms with Crippen molar-refractivity contribution in [3.8, 4) is 0 Å². The lowest BCUT2D eigenvalue weighted by atomic mass is 9.44. The summed E-state index contributed by atoms with van der Waals surface area (Å²) in [6.07, 6.45) is -0.770. The van der Waals surface area contributed by atoms with Crippen LogP contribution in [0.1, 0.15) is 60.3 Å². The van der Waals surface area contributed by atoms with Gasteiger partial charge in [0.25, 0.3) is 0 Å². The van der Waals surface area contributed by atoms with Gasteiger partial charge in [0.15, 0.2) is 29.1 Å². The Labute approximate surface area is 258 Å². The Bertz CT molecular complexity index is 1590. The van der Waals surface area contributed by atoms with Gasteiger partial charge in [-0.15, -0.1) is 11.3 Å². The number of ether oxygens (including phenoxy) is 2. The molecule has 3 saturated carbocycles. The minimum atomic E-state index is -2.29. The van der Waals surface area contributed by atoms with Crippen molar-refractivity contribution in [2.45, 2.75) is 82.1 Å². The molecule has 2 heterocycles. The second-order valence-corrected chi connectivity index (χ2v) is 14.6. The first-order valence-electron chi connectivity index (χ1n) is 15.1. The SMILES string of the molecule is C[C@]12C=CC(=O)C=C1[C@@H](F)C[C@H]1[C@@H]3C[C@H]4O[C@@H](c5ccc(Cc6cccc(CO)c6)s5)O[C@@]4(C(=O)CO)[C@@]3(C)C[C@H](O)[C@@]12F. The molecular formula is C34H36F2O7S. The monoisotopic (exact) mass is 626 g/mol. The first-order valence-corrected chi connectivity index (χ1v) is 15.9. The number of thiophene rings is 1. The highest BCUT2D eigenvalue weighted by atomic mass is 32.1. The highest BCUT2D eigenvalue weighted by Crippen LogP contribution is 2.72. The summed E-state index contributed by atoms with van der Waals surface area (Å²) in [5, 5.41) is 31.3. The van der Waals surface area contributed by atoms with Crippen LogP contribution < -0.4 is 0 Å². The van der Waals surface area contributed by atoms with Gasteiger partial charge in [-0.05, 0) is 73.1 Å². The molecule has 0 radical (unpaired) electrons. The Balaban J connectivity index is 1.22. The molecule has 1 aliphatic heterocycles. The van der Waals surface area contributed by atoms with Crippen LogP contribution in [0.5, 0.6) is 0 Å². The minimum Gasteiger partial charge on any atom is -0.392 e. The molecule has 4 fully saturated rings. The van der Waals surface area contributed by atoms with E-state index in [-0.39, 0.29) is 31.4 Å². The van der Waals surface area contributed by atoms with Crippen LogP contribution in [0.4, 0.5) is 8.78 Å². The topological polar surface area (TPSA) is 113 Å². The molecule has 3 N–H and O–H groups in total. The van der Waals surface area contributed by atoms with Crippen LogP contribution in [0.2, 0.25) is 0 Å². The van der Waals surface area contributed by atoms with E-state index < -0.39 is 76.8 Å². The molecule has 234 valence electrons. The van der Waals surface area contributed by atoms with E-state index in [4.69, 9.17) is 9.47 Å². The number of hydrogen-bond donors (Lipinski definition) is 3. The molecule has 7 nitrogen and oxygen atoms in total. The molecule has 10 heteroatoms. The first kappa shape index (κ1) is 30.1. The summed E-state index contributed by atoms with van der Waals surface area (Å²) in [5.74, 6) is -2.61. The first-order chi connectivity index (χ1) is 20.9. The van der Waals surface area contributed by atoms with Gasteiger partial charge in [0.2, 0.25) is 0 Å². The molecule has 1 aromatic carbocycles. The number of fused-ring (bicyclic) bond motifs is 7. The number of rotatable bonds is 6. The molecule has 10 atom stereocenters. The Morgan fingerprint density at radius 1 is 1.11 bits per heavy atom. The zero-order chi connectivity index (χ0) is 31.2. The van der Waals surface area contributed by atoms with Crippen molar-refractivity contribution >= 4 is 22.9 Å². The van der Waals surface area contributed by atoms with Crippen LogP contribution in [-0.2, 0) is 32.1 Å². The van der Waals surface area contributed by atoms with Crippen LogP contribution >= 0.6 is 11.3 Å². The average molecular weight is 627 g/mol. The zero-order valence-electron chi connectivity index (χ0n) is 24.5. The van der Waals surface area contributed by atoms with E-state index in [1.54, 1.807) is 6.92 Å². The highest BCUT2D eigenvalue weighted by molar-refractivity contribution is 7.12. The number of carbonyl (C=O) groups is 2. The fourth-order valence-electron chi connectivity index (χ4n) is 9.35. The lowest BCUT2D eigenvalue weighted by molar-refractivity contribution is -0.234. The van der Waals surface area contributed by atoms with Gasteiger partial charge in [0.05, 0.1) is 23.7 Å². The van der Waals surface area contributed by atoms with Crippen molar-refractivity contribution in [1.82, 2.24) is 0 Å². The highest BCUT2D eigenvalue weighted by Gasteiger charge is 2.80. The molecule has 0 bridgehead atoms. The van der Waals surface area contributed by atoms with Crippen LogP contribution in [0, 0.1) is 22.7 Å². The van der Waals surface area contributed by atoms with Gasteiger partial charge in [-0.1, -0.05) is 37.3 Å². The fraction of sp³-hybridized carbons (Fsp3) is 0.529. The van der Waals surface area contributed by atoms with Crippen LogP contribution in [0.3, 0.4) is 0 Å². The summed E-state index contributed by atoms with van der Waals surface area (Å²) >= 11 is 1.47. The smallest absolute Gasteiger partial charge is 0.194 e. The Hall–Kier alpha value is -2.60. The number of ketones is 2. The van der Waals surface area contributed by atoms with Gasteiger partial charge in [-0.25, -0.2) is 8.78 Å². The third-order valence-electron chi connectivity index (χ3n) is 11.4. The molecule has 44 heavy (non-hydrogen) atoms. The van der Waals surface area contributed by atoms with Gasteiger partial charge in [-0.3, -0.25) is 9.59 Å². The molecule has 4 aliphatic carbocycles. The van der Waals surface area contributed by atoms with Gasteiger partial charge in [0, 0.05) is 28.0 Å². The van der Waals surface area contributed by atoms with E-state index in [2.05, 4.69) is 0 Å². The molecule has 0 amide bonds. The molecule has 2 aromatic rings. The third-order valence-corrected chi connectivity index (χ3v) is 12.5. The number of aliphatic hydroxyl groups is 3. The van der Waals surface area contributed by atoms with E-state index >= 15 is 8.78 Å². The second kappa shape index (κ2) is 10.2. The third kappa shape index (κ3) is 3.88. The lowest BCUT2D eigenvalue weighted by Gasteiger charge is -2.63. The van der Waals surface area contributed by atoms with E-state index in [1.165, 1.54) is 30.4 Å². The Morgan fingerprint density at radius 2 is 1.89 bits per heavy atom. The largest absolute Gasteiger partial charge is 0.392 e. The maximum Gasteiger partial charge on any atom is 0.194 e.